The Balaban J connectivity index is 2.23. The molecule has 20 heavy (non-hydrogen) atoms. The lowest BCUT2D eigenvalue weighted by molar-refractivity contribution is 0.0948. The van der Waals surface area contributed by atoms with E-state index in [0.717, 1.165) is 12.8 Å². The molecule has 0 radical (unpaired) electrons. The molecule has 4 nitrogen and oxygen atoms in total. The molecule has 2 atom stereocenters. The van der Waals surface area contributed by atoms with Crippen LogP contribution in [0.3, 0.4) is 0 Å². The zero-order valence-corrected chi connectivity index (χ0v) is 13.1. The first-order chi connectivity index (χ1) is 9.36. The van der Waals surface area contributed by atoms with Gasteiger partial charge in [-0.2, -0.15) is 0 Å². The third kappa shape index (κ3) is 3.33. The number of carbonyl (C=O) groups is 1. The van der Waals surface area contributed by atoms with Gasteiger partial charge in [-0.3, -0.25) is 4.79 Å². The maximum atomic E-state index is 12.1. The first-order valence-corrected chi connectivity index (χ1v) is 9.06. The molecule has 1 aromatic rings. The average molecular weight is 316 g/mol. The summed E-state index contributed by atoms with van der Waals surface area (Å²) < 4.78 is 23.1. The number of hydrogen-bond acceptors (Lipinski definition) is 3. The molecule has 1 fully saturated rings. The minimum Gasteiger partial charge on any atom is -0.349 e. The highest BCUT2D eigenvalue weighted by atomic mass is 35.7. The van der Waals surface area contributed by atoms with Gasteiger partial charge in [0.2, 0.25) is 0 Å². The van der Waals surface area contributed by atoms with E-state index in [4.69, 9.17) is 10.7 Å². The molecule has 1 aromatic carbocycles. The highest BCUT2D eigenvalue weighted by molar-refractivity contribution is 8.13. The second kappa shape index (κ2) is 5.74. The number of nitrogens with one attached hydrogen (secondary N) is 1. The minimum absolute atomic E-state index is 0.0251. The van der Waals surface area contributed by atoms with E-state index in [0.29, 0.717) is 23.5 Å². The molecule has 1 N–H and O–H groups in total. The Morgan fingerprint density at radius 1 is 1.40 bits per heavy atom. The summed E-state index contributed by atoms with van der Waals surface area (Å²) in [7, 11) is 1.59. The SMILES string of the molecule is CCc1ccc(C(=O)NC2CC2CC)cc1S(=O)(=O)Cl. The first-order valence-electron chi connectivity index (χ1n) is 6.75. The lowest BCUT2D eigenvalue weighted by Gasteiger charge is -2.08. The van der Waals surface area contributed by atoms with Gasteiger partial charge in [0.25, 0.3) is 15.0 Å². The van der Waals surface area contributed by atoms with E-state index in [-0.39, 0.29) is 16.8 Å². The van der Waals surface area contributed by atoms with Crippen molar-refractivity contribution in [3.05, 3.63) is 29.3 Å². The Kier molecular flexibility index (Phi) is 4.39. The maximum Gasteiger partial charge on any atom is 0.261 e. The molecule has 1 aliphatic carbocycles. The van der Waals surface area contributed by atoms with Crippen LogP contribution in [0.4, 0.5) is 0 Å². The summed E-state index contributed by atoms with van der Waals surface area (Å²) in [6.45, 7) is 3.93. The number of halogens is 1. The summed E-state index contributed by atoms with van der Waals surface area (Å²) >= 11 is 0. The van der Waals surface area contributed by atoms with Gasteiger partial charge in [-0.05, 0) is 36.5 Å². The van der Waals surface area contributed by atoms with Crippen molar-refractivity contribution >= 4 is 25.6 Å². The summed E-state index contributed by atoms with van der Waals surface area (Å²) in [6, 6.07) is 4.87. The molecule has 0 saturated heterocycles. The molecular weight excluding hydrogens is 298 g/mol. The Morgan fingerprint density at radius 3 is 2.60 bits per heavy atom. The molecule has 0 aliphatic heterocycles. The molecule has 0 heterocycles. The molecule has 2 unspecified atom stereocenters. The molecule has 0 spiro atoms. The number of benzene rings is 1. The second-order valence-corrected chi connectivity index (χ2v) is 7.63. The van der Waals surface area contributed by atoms with Gasteiger partial charge in [0.15, 0.2) is 0 Å². The van der Waals surface area contributed by atoms with Crippen LogP contribution in [-0.2, 0) is 15.5 Å². The number of carbonyl (C=O) groups excluding carboxylic acids is 1. The van der Waals surface area contributed by atoms with E-state index in [1.165, 1.54) is 6.07 Å². The lowest BCUT2D eigenvalue weighted by Crippen LogP contribution is -2.27. The molecule has 110 valence electrons. The molecule has 6 heteroatoms. The van der Waals surface area contributed by atoms with E-state index in [1.807, 2.05) is 6.92 Å². The van der Waals surface area contributed by atoms with E-state index in [2.05, 4.69) is 12.2 Å². The van der Waals surface area contributed by atoms with E-state index >= 15 is 0 Å². The van der Waals surface area contributed by atoms with Crippen molar-refractivity contribution in [1.29, 1.82) is 0 Å². The van der Waals surface area contributed by atoms with Gasteiger partial charge >= 0.3 is 0 Å². The highest BCUT2D eigenvalue weighted by Crippen LogP contribution is 2.33. The number of amides is 1. The van der Waals surface area contributed by atoms with Gasteiger partial charge < -0.3 is 5.32 Å². The van der Waals surface area contributed by atoms with Crippen molar-refractivity contribution in [3.63, 3.8) is 0 Å². The van der Waals surface area contributed by atoms with Crippen molar-refractivity contribution in [2.24, 2.45) is 5.92 Å². The molecule has 0 bridgehead atoms. The van der Waals surface area contributed by atoms with Crippen molar-refractivity contribution in [2.45, 2.75) is 44.0 Å². The zero-order valence-electron chi connectivity index (χ0n) is 11.5. The highest BCUT2D eigenvalue weighted by Gasteiger charge is 2.36. The van der Waals surface area contributed by atoms with Crippen LogP contribution in [0.5, 0.6) is 0 Å². The standard InChI is InChI=1S/C14H18ClNO3S/c1-3-9-5-6-11(8-13(9)20(15,18)19)14(17)16-12-7-10(12)4-2/h5-6,8,10,12H,3-4,7H2,1-2H3,(H,16,17). The number of hydrogen-bond donors (Lipinski definition) is 1. The predicted octanol–water partition coefficient (Wildman–Crippen LogP) is 2.70. The van der Waals surface area contributed by atoms with Crippen molar-refractivity contribution in [3.8, 4) is 0 Å². The molecular formula is C14H18ClNO3S. The topological polar surface area (TPSA) is 63.2 Å². The van der Waals surface area contributed by atoms with Crippen molar-refractivity contribution in [1.82, 2.24) is 5.32 Å². The first kappa shape index (κ1) is 15.3. The van der Waals surface area contributed by atoms with Gasteiger partial charge in [0.1, 0.15) is 0 Å². The fourth-order valence-corrected chi connectivity index (χ4v) is 3.57. The van der Waals surface area contributed by atoms with Gasteiger partial charge in [-0.1, -0.05) is 26.3 Å². The second-order valence-electron chi connectivity index (χ2n) is 5.10. The molecule has 1 saturated carbocycles. The van der Waals surface area contributed by atoms with E-state index in [9.17, 15) is 13.2 Å². The van der Waals surface area contributed by atoms with Crippen LogP contribution in [0, 0.1) is 5.92 Å². The molecule has 1 amide bonds. The lowest BCUT2D eigenvalue weighted by atomic mass is 10.1. The van der Waals surface area contributed by atoms with E-state index in [1.54, 1.807) is 12.1 Å². The van der Waals surface area contributed by atoms with Crippen LogP contribution in [0.25, 0.3) is 0 Å². The molecule has 1 aliphatic rings. The Labute approximate surface area is 123 Å². The Hall–Kier alpha value is -1.07. The predicted molar refractivity (Wildman–Crippen MR) is 78.5 cm³/mol. The van der Waals surface area contributed by atoms with Gasteiger partial charge in [0.05, 0.1) is 4.90 Å². The minimum atomic E-state index is -3.84. The van der Waals surface area contributed by atoms with Gasteiger partial charge in [-0.15, -0.1) is 0 Å². The average Bonchev–Trinajstić information content (AvgIpc) is 3.15. The number of aryl methyl sites for hydroxylation is 1. The third-order valence-corrected chi connectivity index (χ3v) is 5.14. The van der Waals surface area contributed by atoms with Crippen molar-refractivity contribution < 1.29 is 13.2 Å². The smallest absolute Gasteiger partial charge is 0.261 e. The quantitative estimate of drug-likeness (QED) is 0.850. The largest absolute Gasteiger partial charge is 0.349 e. The van der Waals surface area contributed by atoms with Crippen LogP contribution in [0.1, 0.15) is 42.6 Å². The summed E-state index contributed by atoms with van der Waals surface area (Å²) in [4.78, 5) is 12.1. The summed E-state index contributed by atoms with van der Waals surface area (Å²) in [6.07, 6.45) is 2.58. The number of rotatable bonds is 5. The fourth-order valence-electron chi connectivity index (χ4n) is 2.34. The van der Waals surface area contributed by atoms with Crippen molar-refractivity contribution in [2.75, 3.05) is 0 Å². The van der Waals surface area contributed by atoms with Crippen LogP contribution in [-0.4, -0.2) is 20.4 Å². The van der Waals surface area contributed by atoms with Gasteiger partial charge in [0, 0.05) is 22.3 Å². The fraction of sp³-hybridized carbons (Fsp3) is 0.500. The third-order valence-electron chi connectivity index (χ3n) is 3.74. The van der Waals surface area contributed by atoms with Crippen LogP contribution < -0.4 is 5.32 Å². The summed E-state index contributed by atoms with van der Waals surface area (Å²) in [5.41, 5.74) is 0.956. The maximum absolute atomic E-state index is 12.1. The molecule has 2 rings (SSSR count). The Morgan fingerprint density at radius 2 is 2.10 bits per heavy atom. The van der Waals surface area contributed by atoms with Crippen LogP contribution >= 0.6 is 10.7 Å². The van der Waals surface area contributed by atoms with Crippen LogP contribution in [0.2, 0.25) is 0 Å². The molecule has 0 aromatic heterocycles. The Bertz CT molecular complexity index is 627. The van der Waals surface area contributed by atoms with Gasteiger partial charge in [-0.25, -0.2) is 8.42 Å². The summed E-state index contributed by atoms with van der Waals surface area (Å²) in [5, 5.41) is 2.91. The zero-order chi connectivity index (χ0) is 14.9. The van der Waals surface area contributed by atoms with Crippen LogP contribution in [0.15, 0.2) is 23.1 Å². The monoisotopic (exact) mass is 315 g/mol. The summed E-state index contributed by atoms with van der Waals surface area (Å²) in [5.74, 6) is 0.306. The van der Waals surface area contributed by atoms with E-state index < -0.39 is 9.05 Å². The normalized spacial score (nSPS) is 21.6.